The number of halogens is 4. The van der Waals surface area contributed by atoms with E-state index in [9.17, 15) is 23.2 Å². The normalized spacial score (nSPS) is 10.7. The number of H-pyrrole nitrogens is 1. The highest BCUT2D eigenvalue weighted by molar-refractivity contribution is 6.42. The van der Waals surface area contributed by atoms with Crippen LogP contribution in [-0.4, -0.2) is 26.9 Å². The molecule has 6 nitrogen and oxygen atoms in total. The van der Waals surface area contributed by atoms with Gasteiger partial charge in [-0.15, -0.1) is 0 Å². The van der Waals surface area contributed by atoms with Gasteiger partial charge < -0.3 is 15.0 Å². The van der Waals surface area contributed by atoms with E-state index in [2.05, 4.69) is 4.98 Å². The molecule has 10 heteroatoms. The summed E-state index contributed by atoms with van der Waals surface area (Å²) >= 11 is 12.2. The van der Waals surface area contributed by atoms with Gasteiger partial charge in [-0.05, 0) is 35.9 Å². The standard InChI is InChI=1S/C21H14Cl2F2N2O4/c22-16-3-1-2-11(18(16)23)9-27(20(29)13-6-14(24)8-15(25)7-13)10-12-4-5-17(21(30)31)26-19(12)28/h1-8H,9-10H2,(H,26,28)(H,30,31). The number of amides is 1. The Hall–Kier alpha value is -3.23. The predicted molar refractivity (Wildman–Crippen MR) is 110 cm³/mol. The van der Waals surface area contributed by atoms with Crippen LogP contribution in [0, 0.1) is 11.6 Å². The van der Waals surface area contributed by atoms with Gasteiger partial charge >= 0.3 is 5.97 Å². The fourth-order valence-electron chi connectivity index (χ4n) is 2.89. The predicted octanol–water partition coefficient (Wildman–Crippen LogP) is 4.50. The first-order valence-electron chi connectivity index (χ1n) is 8.79. The van der Waals surface area contributed by atoms with E-state index < -0.39 is 29.1 Å². The zero-order chi connectivity index (χ0) is 22.7. The Morgan fingerprint density at radius 2 is 1.61 bits per heavy atom. The summed E-state index contributed by atoms with van der Waals surface area (Å²) in [7, 11) is 0. The first-order valence-corrected chi connectivity index (χ1v) is 9.55. The molecule has 1 heterocycles. The van der Waals surface area contributed by atoms with Crippen molar-refractivity contribution in [1.29, 1.82) is 0 Å². The maximum absolute atomic E-state index is 13.6. The average molecular weight is 467 g/mol. The van der Waals surface area contributed by atoms with Gasteiger partial charge in [0.25, 0.3) is 11.5 Å². The van der Waals surface area contributed by atoms with Crippen molar-refractivity contribution in [2.45, 2.75) is 13.1 Å². The number of hydrogen-bond donors (Lipinski definition) is 2. The molecule has 0 radical (unpaired) electrons. The van der Waals surface area contributed by atoms with Crippen molar-refractivity contribution in [1.82, 2.24) is 9.88 Å². The molecule has 2 aromatic carbocycles. The first-order chi connectivity index (χ1) is 14.7. The summed E-state index contributed by atoms with van der Waals surface area (Å²) in [5, 5.41) is 9.41. The molecular formula is C21H14Cl2F2N2O4. The summed E-state index contributed by atoms with van der Waals surface area (Å²) < 4.78 is 27.3. The lowest BCUT2D eigenvalue weighted by Gasteiger charge is -2.24. The first kappa shape index (κ1) is 22.5. The molecule has 0 saturated heterocycles. The van der Waals surface area contributed by atoms with Crippen LogP contribution in [0.15, 0.2) is 53.3 Å². The van der Waals surface area contributed by atoms with E-state index in [0.29, 0.717) is 11.6 Å². The minimum atomic E-state index is -1.32. The lowest BCUT2D eigenvalue weighted by atomic mass is 10.1. The van der Waals surface area contributed by atoms with Crippen molar-refractivity contribution in [3.8, 4) is 0 Å². The van der Waals surface area contributed by atoms with E-state index >= 15 is 0 Å². The number of carboxylic acid groups (broad SMARTS) is 1. The van der Waals surface area contributed by atoms with Crippen LogP contribution in [0.2, 0.25) is 10.0 Å². The second-order valence-electron chi connectivity index (χ2n) is 6.56. The van der Waals surface area contributed by atoms with Crippen LogP contribution in [0.1, 0.15) is 32.0 Å². The maximum atomic E-state index is 13.6. The van der Waals surface area contributed by atoms with Crippen LogP contribution in [0.4, 0.5) is 8.78 Å². The second-order valence-corrected chi connectivity index (χ2v) is 7.35. The fourth-order valence-corrected chi connectivity index (χ4v) is 3.27. The van der Waals surface area contributed by atoms with Crippen molar-refractivity contribution in [2.75, 3.05) is 0 Å². The molecule has 3 rings (SSSR count). The van der Waals surface area contributed by atoms with E-state index in [-0.39, 0.29) is 40.0 Å². The fraction of sp³-hybridized carbons (Fsp3) is 0.0952. The smallest absolute Gasteiger partial charge is 0.352 e. The Morgan fingerprint density at radius 1 is 0.968 bits per heavy atom. The van der Waals surface area contributed by atoms with Gasteiger partial charge in [-0.1, -0.05) is 35.3 Å². The van der Waals surface area contributed by atoms with Gasteiger partial charge in [-0.25, -0.2) is 13.6 Å². The van der Waals surface area contributed by atoms with E-state index in [1.165, 1.54) is 12.1 Å². The average Bonchev–Trinajstić information content (AvgIpc) is 2.70. The van der Waals surface area contributed by atoms with Crippen LogP contribution in [-0.2, 0) is 13.1 Å². The van der Waals surface area contributed by atoms with Gasteiger partial charge in [0.05, 0.1) is 16.6 Å². The molecule has 31 heavy (non-hydrogen) atoms. The molecule has 0 spiro atoms. The number of aromatic carboxylic acids is 1. The molecule has 0 saturated carbocycles. The number of carboxylic acids is 1. The largest absolute Gasteiger partial charge is 0.477 e. The number of aromatic nitrogens is 1. The Labute approximate surface area is 184 Å². The Kier molecular flexibility index (Phi) is 6.72. The van der Waals surface area contributed by atoms with Crippen LogP contribution >= 0.6 is 23.2 Å². The van der Waals surface area contributed by atoms with Crippen molar-refractivity contribution in [2.24, 2.45) is 0 Å². The van der Waals surface area contributed by atoms with Crippen molar-refractivity contribution in [3.05, 3.63) is 103 Å². The van der Waals surface area contributed by atoms with E-state index in [0.717, 1.165) is 17.0 Å². The van der Waals surface area contributed by atoms with Gasteiger partial charge in [0.15, 0.2) is 0 Å². The van der Waals surface area contributed by atoms with Crippen LogP contribution in [0.5, 0.6) is 0 Å². The number of pyridine rings is 1. The Morgan fingerprint density at radius 3 is 2.23 bits per heavy atom. The third-order valence-corrected chi connectivity index (χ3v) is 5.23. The molecule has 3 aromatic rings. The number of hydrogen-bond acceptors (Lipinski definition) is 3. The van der Waals surface area contributed by atoms with E-state index in [1.807, 2.05) is 0 Å². The number of aromatic amines is 1. The molecule has 0 aliphatic carbocycles. The molecule has 2 N–H and O–H groups in total. The molecule has 0 aliphatic rings. The molecule has 1 aromatic heterocycles. The highest BCUT2D eigenvalue weighted by Crippen LogP contribution is 2.27. The topological polar surface area (TPSA) is 90.5 Å². The summed E-state index contributed by atoms with van der Waals surface area (Å²) in [6.45, 7) is -0.411. The summed E-state index contributed by atoms with van der Waals surface area (Å²) in [6.07, 6.45) is 0. The lowest BCUT2D eigenvalue weighted by Crippen LogP contribution is -2.33. The molecule has 160 valence electrons. The molecule has 0 aliphatic heterocycles. The quantitative estimate of drug-likeness (QED) is 0.559. The molecule has 0 atom stereocenters. The van der Waals surface area contributed by atoms with E-state index in [1.54, 1.807) is 18.2 Å². The van der Waals surface area contributed by atoms with Crippen LogP contribution in [0.25, 0.3) is 0 Å². The molecule has 0 bridgehead atoms. The monoisotopic (exact) mass is 466 g/mol. The minimum Gasteiger partial charge on any atom is -0.477 e. The van der Waals surface area contributed by atoms with Crippen LogP contribution in [0.3, 0.4) is 0 Å². The molecule has 1 amide bonds. The molecule has 0 fully saturated rings. The van der Waals surface area contributed by atoms with Gasteiger partial charge in [0, 0.05) is 23.7 Å². The number of carbonyl (C=O) groups is 2. The third-order valence-electron chi connectivity index (χ3n) is 4.37. The lowest BCUT2D eigenvalue weighted by molar-refractivity contribution is 0.0686. The van der Waals surface area contributed by atoms with Crippen molar-refractivity contribution >= 4 is 35.1 Å². The summed E-state index contributed by atoms with van der Waals surface area (Å²) in [6, 6.07) is 9.58. The number of nitrogens with zero attached hydrogens (tertiary/aromatic N) is 1. The zero-order valence-corrected chi connectivity index (χ0v) is 17.2. The second kappa shape index (κ2) is 9.28. The Bertz CT molecular complexity index is 1210. The van der Waals surface area contributed by atoms with Crippen LogP contribution < -0.4 is 5.56 Å². The number of carbonyl (C=O) groups excluding carboxylic acids is 1. The van der Waals surface area contributed by atoms with Gasteiger partial charge in [0.2, 0.25) is 0 Å². The number of nitrogens with one attached hydrogen (secondary N) is 1. The summed E-state index contributed by atoms with van der Waals surface area (Å²) in [5.74, 6) is -3.96. The van der Waals surface area contributed by atoms with Gasteiger partial charge in [-0.2, -0.15) is 0 Å². The Balaban J connectivity index is 2.01. The van der Waals surface area contributed by atoms with Crippen molar-refractivity contribution < 1.29 is 23.5 Å². The minimum absolute atomic E-state index is 0.0633. The summed E-state index contributed by atoms with van der Waals surface area (Å²) in [5.41, 5.74) is -0.808. The molecule has 0 unspecified atom stereocenters. The van der Waals surface area contributed by atoms with Crippen molar-refractivity contribution in [3.63, 3.8) is 0 Å². The molecular weight excluding hydrogens is 453 g/mol. The number of benzene rings is 2. The number of rotatable bonds is 6. The third kappa shape index (κ3) is 5.28. The van der Waals surface area contributed by atoms with Gasteiger partial charge in [-0.3, -0.25) is 9.59 Å². The zero-order valence-electron chi connectivity index (χ0n) is 15.7. The maximum Gasteiger partial charge on any atom is 0.352 e. The van der Waals surface area contributed by atoms with Gasteiger partial charge in [0.1, 0.15) is 17.3 Å². The highest BCUT2D eigenvalue weighted by Gasteiger charge is 2.21. The summed E-state index contributed by atoms with van der Waals surface area (Å²) in [4.78, 5) is 39.7. The van der Waals surface area contributed by atoms with E-state index in [4.69, 9.17) is 28.3 Å². The highest BCUT2D eigenvalue weighted by atomic mass is 35.5. The SMILES string of the molecule is O=C(O)c1ccc(CN(Cc2cccc(Cl)c2Cl)C(=O)c2cc(F)cc(F)c2)c(=O)[nH]1.